The molecule has 0 unspecified atom stereocenters. The van der Waals surface area contributed by atoms with Crippen LogP contribution in [0.1, 0.15) is 26.3 Å². The Balaban J connectivity index is 3.17. The van der Waals surface area contributed by atoms with Crippen LogP contribution in [0.15, 0.2) is 28.7 Å². The largest absolute Gasteiger partial charge is 0.427 e. The van der Waals surface area contributed by atoms with Gasteiger partial charge in [0.15, 0.2) is 8.32 Å². The lowest BCUT2D eigenvalue weighted by molar-refractivity contribution is -0.371. The third-order valence-electron chi connectivity index (χ3n) is 4.73. The van der Waals surface area contributed by atoms with E-state index in [1.807, 2.05) is 0 Å². The molecular formula is C17H23BrF6O2Si. The fourth-order valence-electron chi connectivity index (χ4n) is 2.70. The zero-order valence-corrected chi connectivity index (χ0v) is 17.9. The molecule has 27 heavy (non-hydrogen) atoms. The smallest absolute Gasteiger partial charge is 0.395 e. The SMILES string of the molecule is CC[Si](CC)(CC)OC(COCc1ccc(Br)cc1)(C(F)(F)F)C(F)(F)F. The summed E-state index contributed by atoms with van der Waals surface area (Å²) in [5, 5.41) is 0. The maximum atomic E-state index is 13.7. The summed E-state index contributed by atoms with van der Waals surface area (Å²) in [6, 6.07) is 6.81. The highest BCUT2D eigenvalue weighted by Crippen LogP contribution is 2.49. The Morgan fingerprint density at radius 1 is 0.852 bits per heavy atom. The number of rotatable bonds is 9. The van der Waals surface area contributed by atoms with E-state index in [0.717, 1.165) is 4.47 Å². The molecule has 0 aliphatic carbocycles. The summed E-state index contributed by atoms with van der Waals surface area (Å²) in [5.74, 6) is 0. The summed E-state index contributed by atoms with van der Waals surface area (Å²) in [6.45, 7) is 2.69. The minimum atomic E-state index is -5.65. The molecule has 0 saturated carbocycles. The maximum absolute atomic E-state index is 13.7. The number of benzene rings is 1. The molecular weight excluding hydrogens is 458 g/mol. The molecule has 0 aliphatic heterocycles. The molecule has 0 aliphatic rings. The van der Waals surface area contributed by atoms with Crippen molar-refractivity contribution < 1.29 is 35.5 Å². The third-order valence-corrected chi connectivity index (χ3v) is 9.90. The van der Waals surface area contributed by atoms with Crippen molar-refractivity contribution in [2.24, 2.45) is 0 Å². The van der Waals surface area contributed by atoms with Gasteiger partial charge in [-0.1, -0.05) is 48.8 Å². The van der Waals surface area contributed by atoms with Crippen molar-refractivity contribution in [3.63, 3.8) is 0 Å². The molecule has 0 saturated heterocycles. The van der Waals surface area contributed by atoms with E-state index in [4.69, 9.17) is 9.16 Å². The Kier molecular flexibility index (Phi) is 8.40. The highest BCUT2D eigenvalue weighted by atomic mass is 79.9. The van der Waals surface area contributed by atoms with Crippen LogP contribution < -0.4 is 0 Å². The molecule has 2 nitrogen and oxygen atoms in total. The average molecular weight is 481 g/mol. The van der Waals surface area contributed by atoms with Gasteiger partial charge in [-0.3, -0.25) is 0 Å². The quantitative estimate of drug-likeness (QED) is 0.284. The molecule has 0 fully saturated rings. The zero-order valence-electron chi connectivity index (χ0n) is 15.3. The van der Waals surface area contributed by atoms with Crippen LogP contribution in [0, 0.1) is 0 Å². The van der Waals surface area contributed by atoms with Crippen molar-refractivity contribution in [3.8, 4) is 0 Å². The Bertz CT molecular complexity index is 562. The molecule has 0 amide bonds. The Morgan fingerprint density at radius 3 is 1.67 bits per heavy atom. The minimum absolute atomic E-state index is 0.153. The Labute approximate surface area is 164 Å². The Hall–Kier alpha value is -0.583. The van der Waals surface area contributed by atoms with Gasteiger partial charge in [0.05, 0.1) is 13.2 Å². The molecule has 156 valence electrons. The summed E-state index contributed by atoms with van der Waals surface area (Å²) in [5.41, 5.74) is -3.87. The monoisotopic (exact) mass is 480 g/mol. The van der Waals surface area contributed by atoms with Crippen LogP contribution in [0.4, 0.5) is 26.3 Å². The maximum Gasteiger partial charge on any atom is 0.427 e. The second kappa shape index (κ2) is 9.28. The molecule has 0 N–H and O–H groups in total. The third kappa shape index (κ3) is 5.71. The van der Waals surface area contributed by atoms with E-state index in [0.29, 0.717) is 5.56 Å². The van der Waals surface area contributed by atoms with Crippen LogP contribution >= 0.6 is 15.9 Å². The van der Waals surface area contributed by atoms with Gasteiger partial charge in [0, 0.05) is 4.47 Å². The molecule has 0 bridgehead atoms. The average Bonchev–Trinajstić information content (AvgIpc) is 2.58. The van der Waals surface area contributed by atoms with Crippen LogP contribution in [0.2, 0.25) is 18.1 Å². The van der Waals surface area contributed by atoms with Crippen LogP contribution in [-0.2, 0) is 15.8 Å². The first-order valence-electron chi connectivity index (χ1n) is 8.52. The van der Waals surface area contributed by atoms with E-state index in [-0.39, 0.29) is 24.7 Å². The van der Waals surface area contributed by atoms with E-state index < -0.39 is 32.9 Å². The van der Waals surface area contributed by atoms with Crippen molar-refractivity contribution in [1.29, 1.82) is 0 Å². The van der Waals surface area contributed by atoms with Gasteiger partial charge in [-0.05, 0) is 35.8 Å². The van der Waals surface area contributed by atoms with Crippen LogP contribution in [0.5, 0.6) is 0 Å². The first kappa shape index (κ1) is 24.5. The first-order chi connectivity index (χ1) is 12.4. The molecule has 0 radical (unpaired) electrons. The highest BCUT2D eigenvalue weighted by Gasteiger charge is 2.74. The fourth-order valence-corrected chi connectivity index (χ4v) is 5.93. The standard InChI is InChI=1S/C17H23BrF6O2Si/c1-4-27(5-2,6-3)26-15(16(19,20)21,17(22,23)24)12-25-11-13-7-9-14(18)10-8-13/h7-10H,4-6,11-12H2,1-3H3. The second-order valence-electron chi connectivity index (χ2n) is 6.29. The van der Waals surface area contributed by atoms with Gasteiger partial charge in [0.1, 0.15) is 0 Å². The van der Waals surface area contributed by atoms with E-state index in [1.54, 1.807) is 45.0 Å². The predicted octanol–water partition coefficient (Wildman–Crippen LogP) is 6.85. The lowest BCUT2D eigenvalue weighted by Gasteiger charge is -2.43. The number of hydrogen-bond acceptors (Lipinski definition) is 2. The van der Waals surface area contributed by atoms with Crippen LogP contribution in [0.3, 0.4) is 0 Å². The van der Waals surface area contributed by atoms with Crippen molar-refractivity contribution in [3.05, 3.63) is 34.3 Å². The molecule has 0 aromatic heterocycles. The lowest BCUT2D eigenvalue weighted by atomic mass is 10.0. The predicted molar refractivity (Wildman–Crippen MR) is 96.9 cm³/mol. The summed E-state index contributed by atoms with van der Waals surface area (Å²) < 4.78 is 92.7. The van der Waals surface area contributed by atoms with Gasteiger partial charge in [-0.25, -0.2) is 0 Å². The van der Waals surface area contributed by atoms with Gasteiger partial charge in [-0.15, -0.1) is 0 Å². The van der Waals surface area contributed by atoms with E-state index in [2.05, 4.69) is 15.9 Å². The number of alkyl halides is 6. The number of ether oxygens (including phenoxy) is 1. The second-order valence-corrected chi connectivity index (χ2v) is 11.9. The van der Waals surface area contributed by atoms with Crippen LogP contribution in [-0.4, -0.2) is 32.9 Å². The Morgan fingerprint density at radius 2 is 1.30 bits per heavy atom. The number of halogens is 7. The number of hydrogen-bond donors (Lipinski definition) is 0. The normalized spacial score (nSPS) is 13.9. The molecule has 1 rings (SSSR count). The fraction of sp³-hybridized carbons (Fsp3) is 0.647. The summed E-state index contributed by atoms with van der Waals surface area (Å²) in [7, 11) is -3.24. The van der Waals surface area contributed by atoms with Crippen molar-refractivity contribution in [1.82, 2.24) is 0 Å². The van der Waals surface area contributed by atoms with E-state index >= 15 is 0 Å². The van der Waals surface area contributed by atoms with Gasteiger partial charge in [0.25, 0.3) is 5.60 Å². The van der Waals surface area contributed by atoms with Gasteiger partial charge in [0.2, 0.25) is 0 Å². The lowest BCUT2D eigenvalue weighted by Crippen LogP contribution is -2.66. The first-order valence-corrected chi connectivity index (χ1v) is 11.8. The summed E-state index contributed by atoms with van der Waals surface area (Å²) in [6.07, 6.45) is -11.3. The van der Waals surface area contributed by atoms with Crippen molar-refractivity contribution in [2.45, 2.75) is 63.5 Å². The van der Waals surface area contributed by atoms with Gasteiger partial charge in [-0.2, -0.15) is 26.3 Å². The van der Waals surface area contributed by atoms with E-state index in [1.165, 1.54) is 0 Å². The molecule has 1 aromatic rings. The minimum Gasteiger partial charge on any atom is -0.395 e. The van der Waals surface area contributed by atoms with Crippen molar-refractivity contribution in [2.75, 3.05) is 6.61 Å². The molecule has 10 heteroatoms. The van der Waals surface area contributed by atoms with Gasteiger partial charge >= 0.3 is 12.4 Å². The van der Waals surface area contributed by atoms with Crippen LogP contribution in [0.25, 0.3) is 0 Å². The van der Waals surface area contributed by atoms with E-state index in [9.17, 15) is 26.3 Å². The van der Waals surface area contributed by atoms with Gasteiger partial charge < -0.3 is 9.16 Å². The zero-order chi connectivity index (χ0) is 20.9. The van der Waals surface area contributed by atoms with Crippen molar-refractivity contribution >= 4 is 24.2 Å². The summed E-state index contributed by atoms with van der Waals surface area (Å²) in [4.78, 5) is 0. The highest BCUT2D eigenvalue weighted by molar-refractivity contribution is 9.10. The molecule has 1 aromatic carbocycles. The summed E-state index contributed by atoms with van der Waals surface area (Å²) >= 11 is 3.20. The molecule has 0 atom stereocenters. The topological polar surface area (TPSA) is 18.5 Å². The molecule has 0 spiro atoms. The molecule has 0 heterocycles.